The highest BCUT2D eigenvalue weighted by Crippen LogP contribution is 2.11. The number of hydrogen-bond acceptors (Lipinski definition) is 3. The quantitative estimate of drug-likeness (QED) is 0.249. The van der Waals surface area contributed by atoms with Crippen molar-refractivity contribution in [3.63, 3.8) is 0 Å². The number of nitrogens with one attached hydrogen (secondary N) is 2. The van der Waals surface area contributed by atoms with Crippen molar-refractivity contribution in [1.82, 2.24) is 15.6 Å². The number of unbranched alkanes of at least 4 members (excludes halogenated alkanes) is 1. The van der Waals surface area contributed by atoms with Crippen molar-refractivity contribution in [3.8, 4) is 0 Å². The molecule has 1 heterocycles. The summed E-state index contributed by atoms with van der Waals surface area (Å²) in [7, 11) is 1.82. The van der Waals surface area contributed by atoms with Gasteiger partial charge in [0, 0.05) is 31.2 Å². The van der Waals surface area contributed by atoms with Gasteiger partial charge in [-0.15, -0.1) is 35.3 Å². The summed E-state index contributed by atoms with van der Waals surface area (Å²) < 4.78 is 0. The van der Waals surface area contributed by atoms with E-state index in [0.29, 0.717) is 0 Å². The van der Waals surface area contributed by atoms with Gasteiger partial charge in [0.1, 0.15) is 0 Å². The van der Waals surface area contributed by atoms with Gasteiger partial charge in [0.25, 0.3) is 0 Å². The molecule has 0 aliphatic rings. The zero-order chi connectivity index (χ0) is 17.0. The average Bonchev–Trinajstić information content (AvgIpc) is 3.02. The summed E-state index contributed by atoms with van der Waals surface area (Å²) >= 11 is 1.76. The number of thiazole rings is 1. The van der Waals surface area contributed by atoms with Crippen molar-refractivity contribution >= 4 is 41.3 Å². The first kappa shape index (κ1) is 21.9. The van der Waals surface area contributed by atoms with E-state index in [4.69, 9.17) is 0 Å². The Morgan fingerprint density at radius 1 is 1.04 bits per heavy atom. The molecule has 0 atom stereocenters. The maximum Gasteiger partial charge on any atom is 0.190 e. The van der Waals surface area contributed by atoms with Crippen LogP contribution in [0, 0.1) is 6.92 Å². The molecule has 0 radical (unpaired) electrons. The van der Waals surface area contributed by atoms with Crippen LogP contribution in [0.1, 0.15) is 35.5 Å². The summed E-state index contributed by atoms with van der Waals surface area (Å²) in [5.74, 6) is 0.896. The molecule has 2 rings (SSSR count). The van der Waals surface area contributed by atoms with E-state index in [1.54, 1.807) is 11.3 Å². The van der Waals surface area contributed by atoms with E-state index in [2.05, 4.69) is 63.2 Å². The Morgan fingerprint density at radius 2 is 1.76 bits per heavy atom. The van der Waals surface area contributed by atoms with Gasteiger partial charge in [-0.1, -0.05) is 30.3 Å². The Bertz CT molecular complexity index is 613. The summed E-state index contributed by atoms with van der Waals surface area (Å²) in [4.78, 5) is 8.77. The standard InChI is InChI=1S/C19H28N4S.HI/c1-16-15-24-18(23-16)12-6-7-13-21-19(20-2)22-14-8-11-17-9-4-3-5-10-17;/h3-5,9-10,15H,6-8,11-14H2,1-2H3,(H2,20,21,22);1H. The zero-order valence-corrected chi connectivity index (χ0v) is 18.3. The number of rotatable bonds is 9. The molecule has 1 aromatic carbocycles. The Hall–Kier alpha value is -1.15. The van der Waals surface area contributed by atoms with Crippen LogP contribution >= 0.6 is 35.3 Å². The lowest BCUT2D eigenvalue weighted by molar-refractivity contribution is 0.684. The second-order valence-electron chi connectivity index (χ2n) is 5.85. The highest BCUT2D eigenvalue weighted by atomic mass is 127. The fraction of sp³-hybridized carbons (Fsp3) is 0.474. The topological polar surface area (TPSA) is 49.3 Å². The molecule has 0 fully saturated rings. The Morgan fingerprint density at radius 3 is 2.40 bits per heavy atom. The van der Waals surface area contributed by atoms with Gasteiger partial charge in [0.05, 0.1) is 5.01 Å². The van der Waals surface area contributed by atoms with E-state index in [1.165, 1.54) is 10.6 Å². The van der Waals surface area contributed by atoms with Crippen molar-refractivity contribution < 1.29 is 0 Å². The van der Waals surface area contributed by atoms with Crippen LogP contribution in [0.3, 0.4) is 0 Å². The molecule has 0 unspecified atom stereocenters. The minimum Gasteiger partial charge on any atom is -0.356 e. The monoisotopic (exact) mass is 472 g/mol. The lowest BCUT2D eigenvalue weighted by atomic mass is 10.1. The molecule has 0 amide bonds. The smallest absolute Gasteiger partial charge is 0.190 e. The van der Waals surface area contributed by atoms with Crippen LogP contribution < -0.4 is 10.6 Å². The molecule has 0 aliphatic heterocycles. The van der Waals surface area contributed by atoms with Gasteiger partial charge in [-0.25, -0.2) is 4.98 Å². The molecule has 2 aromatic rings. The molecule has 2 N–H and O–H groups in total. The first-order valence-electron chi connectivity index (χ1n) is 8.67. The van der Waals surface area contributed by atoms with Gasteiger partial charge in [0.15, 0.2) is 5.96 Å². The third-order valence-corrected chi connectivity index (χ3v) is 4.80. The Balaban J connectivity index is 0.00000312. The summed E-state index contributed by atoms with van der Waals surface area (Å²) in [5.41, 5.74) is 2.52. The molecule has 0 spiro atoms. The van der Waals surface area contributed by atoms with Crippen LogP contribution in [-0.2, 0) is 12.8 Å². The number of aliphatic imine (C=N–C) groups is 1. The fourth-order valence-electron chi connectivity index (χ4n) is 2.49. The Labute approximate surface area is 172 Å². The van der Waals surface area contributed by atoms with Crippen LogP contribution in [0.25, 0.3) is 0 Å². The second kappa shape index (κ2) is 13.1. The van der Waals surface area contributed by atoms with Crippen LogP contribution in [0.2, 0.25) is 0 Å². The molecule has 0 saturated heterocycles. The predicted molar refractivity (Wildman–Crippen MR) is 119 cm³/mol. The SMILES string of the molecule is CN=C(NCCCCc1nc(C)cs1)NCCCc1ccccc1.I. The molecule has 4 nitrogen and oxygen atoms in total. The number of aromatic nitrogens is 1. The van der Waals surface area contributed by atoms with Gasteiger partial charge in [-0.3, -0.25) is 4.99 Å². The van der Waals surface area contributed by atoms with E-state index in [0.717, 1.165) is 56.8 Å². The molecular formula is C19H29IN4S. The minimum atomic E-state index is 0. The van der Waals surface area contributed by atoms with Crippen molar-refractivity contribution in [2.75, 3.05) is 20.1 Å². The van der Waals surface area contributed by atoms with Gasteiger partial charge in [0.2, 0.25) is 0 Å². The number of guanidine groups is 1. The van der Waals surface area contributed by atoms with Crippen molar-refractivity contribution in [2.45, 2.75) is 39.0 Å². The Kier molecular flexibility index (Phi) is 11.5. The molecule has 0 bridgehead atoms. The highest BCUT2D eigenvalue weighted by Gasteiger charge is 2.00. The average molecular weight is 472 g/mol. The molecule has 1 aromatic heterocycles. The summed E-state index contributed by atoms with van der Waals surface area (Å²) in [6.07, 6.45) is 5.56. The number of aryl methyl sites for hydroxylation is 3. The number of nitrogens with zero attached hydrogens (tertiary/aromatic N) is 2. The zero-order valence-electron chi connectivity index (χ0n) is 15.1. The summed E-state index contributed by atoms with van der Waals surface area (Å²) in [6.45, 7) is 3.94. The van der Waals surface area contributed by atoms with E-state index in [1.807, 2.05) is 7.05 Å². The molecule has 6 heteroatoms. The predicted octanol–water partition coefficient (Wildman–Crippen LogP) is 4.19. The summed E-state index contributed by atoms with van der Waals surface area (Å²) in [6, 6.07) is 10.6. The van der Waals surface area contributed by atoms with Crippen LogP contribution in [0.4, 0.5) is 0 Å². The number of hydrogen-bond donors (Lipinski definition) is 2. The van der Waals surface area contributed by atoms with Crippen molar-refractivity contribution in [1.29, 1.82) is 0 Å². The minimum absolute atomic E-state index is 0. The van der Waals surface area contributed by atoms with Crippen LogP contribution in [0.5, 0.6) is 0 Å². The molecular weight excluding hydrogens is 443 g/mol. The first-order valence-corrected chi connectivity index (χ1v) is 9.55. The molecule has 0 aliphatic carbocycles. The van der Waals surface area contributed by atoms with Crippen LogP contribution in [0.15, 0.2) is 40.7 Å². The normalized spacial score (nSPS) is 11.0. The van der Waals surface area contributed by atoms with Gasteiger partial charge in [-0.2, -0.15) is 0 Å². The van der Waals surface area contributed by atoms with E-state index in [9.17, 15) is 0 Å². The van der Waals surface area contributed by atoms with Gasteiger partial charge < -0.3 is 10.6 Å². The van der Waals surface area contributed by atoms with Crippen LogP contribution in [-0.4, -0.2) is 31.1 Å². The molecule has 138 valence electrons. The highest BCUT2D eigenvalue weighted by molar-refractivity contribution is 14.0. The molecule has 0 saturated carbocycles. The third-order valence-electron chi connectivity index (χ3n) is 3.78. The first-order chi connectivity index (χ1) is 11.8. The fourth-order valence-corrected chi connectivity index (χ4v) is 3.31. The summed E-state index contributed by atoms with van der Waals surface area (Å²) in [5, 5.41) is 10.1. The van der Waals surface area contributed by atoms with Gasteiger partial charge in [-0.05, 0) is 44.6 Å². The second-order valence-corrected chi connectivity index (χ2v) is 6.80. The third kappa shape index (κ3) is 9.21. The van der Waals surface area contributed by atoms with E-state index in [-0.39, 0.29) is 24.0 Å². The maximum atomic E-state index is 4.50. The molecule has 25 heavy (non-hydrogen) atoms. The maximum absolute atomic E-state index is 4.50. The van der Waals surface area contributed by atoms with Crippen molar-refractivity contribution in [2.24, 2.45) is 4.99 Å². The van der Waals surface area contributed by atoms with Gasteiger partial charge >= 0.3 is 0 Å². The number of benzene rings is 1. The lowest BCUT2D eigenvalue weighted by Crippen LogP contribution is -2.38. The van der Waals surface area contributed by atoms with E-state index < -0.39 is 0 Å². The van der Waals surface area contributed by atoms with E-state index >= 15 is 0 Å². The van der Waals surface area contributed by atoms with Crippen molar-refractivity contribution in [3.05, 3.63) is 52.0 Å². The lowest BCUT2D eigenvalue weighted by Gasteiger charge is -2.11. The largest absolute Gasteiger partial charge is 0.356 e. The number of halogens is 1.